The number of halogens is 1. The van der Waals surface area contributed by atoms with Crippen LogP contribution < -0.4 is 4.74 Å². The second-order valence-electron chi connectivity index (χ2n) is 5.74. The number of ether oxygens (including phenoxy) is 2. The molecule has 3 rings (SSSR count). The van der Waals surface area contributed by atoms with E-state index in [4.69, 9.17) is 25.6 Å². The molecule has 0 saturated carbocycles. The van der Waals surface area contributed by atoms with Gasteiger partial charge in [-0.2, -0.15) is 4.98 Å². The van der Waals surface area contributed by atoms with Gasteiger partial charge in [0, 0.05) is 17.5 Å². The largest absolute Gasteiger partial charge is 0.482 e. The first-order chi connectivity index (χ1) is 13.6. The Hall–Kier alpha value is -3.19. The van der Waals surface area contributed by atoms with Gasteiger partial charge in [-0.1, -0.05) is 35.8 Å². The van der Waals surface area contributed by atoms with Crippen LogP contribution in [0, 0.1) is 0 Å². The van der Waals surface area contributed by atoms with Crippen LogP contribution >= 0.6 is 11.6 Å². The molecule has 1 heterocycles. The van der Waals surface area contributed by atoms with Crippen LogP contribution in [-0.4, -0.2) is 28.5 Å². The summed E-state index contributed by atoms with van der Waals surface area (Å²) in [6.07, 6.45) is 0.431. The van der Waals surface area contributed by atoms with Crippen LogP contribution in [0.4, 0.5) is 0 Å². The van der Waals surface area contributed by atoms with Crippen molar-refractivity contribution in [3.8, 4) is 17.1 Å². The Kier molecular flexibility index (Phi) is 6.39. The maximum absolute atomic E-state index is 11.8. The Bertz CT molecular complexity index is 969. The Morgan fingerprint density at radius 3 is 2.57 bits per heavy atom. The number of rotatable bonds is 8. The molecule has 0 radical (unpaired) electrons. The number of esters is 1. The number of Topliss-reactive ketones (excluding diaryl/α,β-unsaturated/α-hetero) is 1. The van der Waals surface area contributed by atoms with E-state index in [0.29, 0.717) is 34.1 Å². The van der Waals surface area contributed by atoms with E-state index in [9.17, 15) is 9.59 Å². The lowest BCUT2D eigenvalue weighted by molar-refractivity contribution is -0.148. The second-order valence-corrected chi connectivity index (χ2v) is 6.15. The van der Waals surface area contributed by atoms with Crippen LogP contribution in [0.5, 0.6) is 5.75 Å². The summed E-state index contributed by atoms with van der Waals surface area (Å²) in [5.74, 6) is 0.372. The van der Waals surface area contributed by atoms with Crippen LogP contribution in [0.15, 0.2) is 53.1 Å². The van der Waals surface area contributed by atoms with Crippen molar-refractivity contribution in [1.82, 2.24) is 10.1 Å². The average molecular weight is 401 g/mol. The molecule has 0 N–H and O–H groups in total. The van der Waals surface area contributed by atoms with Crippen molar-refractivity contribution >= 4 is 23.4 Å². The van der Waals surface area contributed by atoms with Gasteiger partial charge in [0.05, 0.1) is 5.02 Å². The highest BCUT2D eigenvalue weighted by Crippen LogP contribution is 2.24. The average Bonchev–Trinajstić information content (AvgIpc) is 3.19. The Labute approximate surface area is 166 Å². The van der Waals surface area contributed by atoms with E-state index in [1.54, 1.807) is 55.5 Å². The number of ketones is 1. The molecule has 7 nitrogen and oxygen atoms in total. The molecule has 0 saturated heterocycles. The van der Waals surface area contributed by atoms with Crippen molar-refractivity contribution in [2.45, 2.75) is 20.0 Å². The molecule has 0 unspecified atom stereocenters. The van der Waals surface area contributed by atoms with Gasteiger partial charge in [0.2, 0.25) is 5.82 Å². The molecule has 1 aromatic heterocycles. The molecule has 2 aromatic carbocycles. The predicted molar refractivity (Wildman–Crippen MR) is 101 cm³/mol. The number of carbonyl (C=O) groups excluding carboxylic acids is 2. The summed E-state index contributed by atoms with van der Waals surface area (Å²) in [4.78, 5) is 27.6. The van der Waals surface area contributed by atoms with Crippen molar-refractivity contribution in [3.63, 3.8) is 0 Å². The summed E-state index contributed by atoms with van der Waals surface area (Å²) >= 11 is 6.09. The minimum atomic E-state index is -0.591. The van der Waals surface area contributed by atoms with E-state index in [2.05, 4.69) is 10.1 Å². The van der Waals surface area contributed by atoms with Crippen molar-refractivity contribution < 1.29 is 23.6 Å². The fourth-order valence-corrected chi connectivity index (χ4v) is 2.55. The highest BCUT2D eigenvalue weighted by atomic mass is 35.5. The SMILES string of the molecule is CCC(=O)c1ccc(OCC(=O)OCc2nc(-c3ccccc3Cl)no2)cc1. The lowest BCUT2D eigenvalue weighted by Crippen LogP contribution is -2.14. The Morgan fingerprint density at radius 2 is 1.86 bits per heavy atom. The normalized spacial score (nSPS) is 10.5. The summed E-state index contributed by atoms with van der Waals surface area (Å²) in [7, 11) is 0. The van der Waals surface area contributed by atoms with E-state index in [1.807, 2.05) is 0 Å². The highest BCUT2D eigenvalue weighted by molar-refractivity contribution is 6.33. The zero-order valence-corrected chi connectivity index (χ0v) is 15.8. The summed E-state index contributed by atoms with van der Waals surface area (Å²) in [5, 5.41) is 4.32. The molecule has 0 aliphatic rings. The van der Waals surface area contributed by atoms with Gasteiger partial charge in [0.1, 0.15) is 5.75 Å². The van der Waals surface area contributed by atoms with Crippen molar-refractivity contribution in [1.29, 1.82) is 0 Å². The molecule has 0 atom stereocenters. The third-order valence-corrected chi connectivity index (χ3v) is 4.12. The van der Waals surface area contributed by atoms with Crippen LogP contribution in [0.2, 0.25) is 5.02 Å². The molecule has 0 fully saturated rings. The number of carbonyl (C=O) groups is 2. The quantitative estimate of drug-likeness (QED) is 0.415. The third-order valence-electron chi connectivity index (χ3n) is 3.79. The molecule has 3 aromatic rings. The monoisotopic (exact) mass is 400 g/mol. The molecule has 0 aliphatic heterocycles. The topological polar surface area (TPSA) is 91.5 Å². The lowest BCUT2D eigenvalue weighted by atomic mass is 10.1. The maximum Gasteiger partial charge on any atom is 0.344 e. The predicted octanol–water partition coefficient (Wildman–Crippen LogP) is 4.10. The number of hydrogen-bond donors (Lipinski definition) is 0. The van der Waals surface area contributed by atoms with Crippen LogP contribution in [0.1, 0.15) is 29.6 Å². The molecule has 8 heteroatoms. The number of aromatic nitrogens is 2. The van der Waals surface area contributed by atoms with Gasteiger partial charge in [-0.15, -0.1) is 0 Å². The van der Waals surface area contributed by atoms with Gasteiger partial charge < -0.3 is 14.0 Å². The minimum absolute atomic E-state index is 0.0432. The van der Waals surface area contributed by atoms with Gasteiger partial charge >= 0.3 is 5.97 Å². The van der Waals surface area contributed by atoms with E-state index in [0.717, 1.165) is 0 Å². The van der Waals surface area contributed by atoms with Crippen LogP contribution in [0.25, 0.3) is 11.4 Å². The fraction of sp³-hybridized carbons (Fsp3) is 0.200. The minimum Gasteiger partial charge on any atom is -0.482 e. The summed E-state index contributed by atoms with van der Waals surface area (Å²) in [6, 6.07) is 13.6. The lowest BCUT2D eigenvalue weighted by Gasteiger charge is -2.06. The van der Waals surface area contributed by atoms with E-state index in [1.165, 1.54) is 0 Å². The summed E-state index contributed by atoms with van der Waals surface area (Å²) < 4.78 is 15.5. The number of benzene rings is 2. The van der Waals surface area contributed by atoms with Crippen molar-refractivity contribution in [2.75, 3.05) is 6.61 Å². The van der Waals surface area contributed by atoms with Gasteiger partial charge in [0.15, 0.2) is 19.0 Å². The fourth-order valence-electron chi connectivity index (χ4n) is 2.33. The molecule has 0 spiro atoms. The van der Waals surface area contributed by atoms with E-state index in [-0.39, 0.29) is 24.9 Å². The smallest absolute Gasteiger partial charge is 0.344 e. The molecule has 144 valence electrons. The van der Waals surface area contributed by atoms with Gasteiger partial charge in [-0.05, 0) is 36.4 Å². The first kappa shape index (κ1) is 19.6. The third kappa shape index (κ3) is 4.95. The molecule has 28 heavy (non-hydrogen) atoms. The van der Waals surface area contributed by atoms with Crippen LogP contribution in [-0.2, 0) is 16.1 Å². The zero-order valence-electron chi connectivity index (χ0n) is 15.1. The maximum atomic E-state index is 11.8. The molecule has 0 bridgehead atoms. The van der Waals surface area contributed by atoms with Crippen molar-refractivity contribution in [2.24, 2.45) is 0 Å². The standard InChI is InChI=1S/C20H17ClN2O5/c1-2-17(24)13-7-9-14(10-8-13)26-12-19(25)27-11-18-22-20(23-28-18)15-5-3-4-6-16(15)21/h3-10H,2,11-12H2,1H3. The van der Waals surface area contributed by atoms with E-state index < -0.39 is 5.97 Å². The zero-order chi connectivity index (χ0) is 19.9. The van der Waals surface area contributed by atoms with Crippen LogP contribution in [0.3, 0.4) is 0 Å². The van der Waals surface area contributed by atoms with Gasteiger partial charge in [-0.3, -0.25) is 4.79 Å². The van der Waals surface area contributed by atoms with Gasteiger partial charge in [0.25, 0.3) is 5.89 Å². The highest BCUT2D eigenvalue weighted by Gasteiger charge is 2.13. The summed E-state index contributed by atoms with van der Waals surface area (Å²) in [5.41, 5.74) is 1.22. The number of hydrogen-bond acceptors (Lipinski definition) is 7. The van der Waals surface area contributed by atoms with Crippen molar-refractivity contribution in [3.05, 3.63) is 65.0 Å². The molecule has 0 amide bonds. The summed E-state index contributed by atoms with van der Waals surface area (Å²) in [6.45, 7) is 1.33. The molecular formula is C20H17ClN2O5. The number of nitrogens with zero attached hydrogens (tertiary/aromatic N) is 2. The first-order valence-corrected chi connectivity index (χ1v) is 8.93. The molecular weight excluding hydrogens is 384 g/mol. The Morgan fingerprint density at radius 1 is 1.11 bits per heavy atom. The van der Waals surface area contributed by atoms with E-state index >= 15 is 0 Å². The first-order valence-electron chi connectivity index (χ1n) is 8.56. The van der Waals surface area contributed by atoms with Gasteiger partial charge in [-0.25, -0.2) is 4.79 Å². The second kappa shape index (κ2) is 9.14. The molecule has 0 aliphatic carbocycles. The Balaban J connectivity index is 1.48.